The molecule has 3 rings (SSSR count). The highest BCUT2D eigenvalue weighted by Crippen LogP contribution is 2.29. The second kappa shape index (κ2) is 5.48. The zero-order valence-corrected chi connectivity index (χ0v) is 13.5. The van der Waals surface area contributed by atoms with Gasteiger partial charge in [0.05, 0.1) is 12.8 Å². The Labute approximate surface area is 137 Å². The molecule has 0 aliphatic carbocycles. The number of carbonyl (C=O) groups is 2. The predicted octanol–water partition coefficient (Wildman–Crippen LogP) is 0.0800. The number of urea groups is 1. The van der Waals surface area contributed by atoms with Crippen LogP contribution >= 0.6 is 0 Å². The van der Waals surface area contributed by atoms with E-state index in [1.165, 1.54) is 6.26 Å². The number of imide groups is 1. The highest BCUT2D eigenvalue weighted by atomic mass is 16.3. The fourth-order valence-electron chi connectivity index (χ4n) is 2.41. The van der Waals surface area contributed by atoms with Crippen molar-refractivity contribution in [2.45, 2.75) is 19.0 Å². The Morgan fingerprint density at radius 2 is 2.08 bits per heavy atom. The van der Waals surface area contributed by atoms with E-state index >= 15 is 0 Å². The van der Waals surface area contributed by atoms with Gasteiger partial charge in [0.15, 0.2) is 11.4 Å². The lowest BCUT2D eigenvalue weighted by molar-refractivity contribution is -0.132. The molecule has 2 aromatic rings. The Bertz CT molecular complexity index is 790. The zero-order valence-electron chi connectivity index (χ0n) is 13.5. The van der Waals surface area contributed by atoms with Gasteiger partial charge in [0.1, 0.15) is 5.76 Å². The van der Waals surface area contributed by atoms with E-state index in [9.17, 15) is 9.59 Å². The van der Waals surface area contributed by atoms with Crippen molar-refractivity contribution in [3.63, 3.8) is 0 Å². The number of nitrogen functional groups attached to an aromatic ring is 1. The molecule has 3 heterocycles. The normalized spacial score (nSPS) is 20.4. The van der Waals surface area contributed by atoms with Crippen LogP contribution in [-0.2, 0) is 16.9 Å². The second-order valence-electron chi connectivity index (χ2n) is 5.73. The summed E-state index contributed by atoms with van der Waals surface area (Å²) >= 11 is 0. The van der Waals surface area contributed by atoms with Crippen molar-refractivity contribution in [2.24, 2.45) is 0 Å². The van der Waals surface area contributed by atoms with Crippen molar-refractivity contribution >= 4 is 23.8 Å². The van der Waals surface area contributed by atoms with E-state index in [1.54, 1.807) is 38.1 Å². The van der Waals surface area contributed by atoms with E-state index in [0.29, 0.717) is 11.7 Å². The topological polar surface area (TPSA) is 130 Å². The Kier molecular flexibility index (Phi) is 3.59. The van der Waals surface area contributed by atoms with Crippen LogP contribution in [0.5, 0.6) is 0 Å². The number of aromatic nitrogens is 3. The molecule has 1 saturated heterocycles. The van der Waals surface area contributed by atoms with Crippen molar-refractivity contribution in [1.29, 1.82) is 0 Å². The zero-order chi connectivity index (χ0) is 17.5. The van der Waals surface area contributed by atoms with Gasteiger partial charge < -0.3 is 20.4 Å². The smallest absolute Gasteiger partial charge is 0.325 e. The second-order valence-corrected chi connectivity index (χ2v) is 5.73. The predicted molar refractivity (Wildman–Crippen MR) is 83.7 cm³/mol. The Morgan fingerprint density at radius 1 is 1.33 bits per heavy atom. The van der Waals surface area contributed by atoms with Crippen molar-refractivity contribution in [3.8, 4) is 0 Å². The van der Waals surface area contributed by atoms with Crippen LogP contribution in [0.15, 0.2) is 22.8 Å². The number of anilines is 2. The van der Waals surface area contributed by atoms with Crippen LogP contribution in [0.2, 0.25) is 0 Å². The summed E-state index contributed by atoms with van der Waals surface area (Å²) in [6, 6.07) is 2.73. The van der Waals surface area contributed by atoms with E-state index < -0.39 is 17.5 Å². The summed E-state index contributed by atoms with van der Waals surface area (Å²) in [7, 11) is 3.50. The molecule has 1 fully saturated rings. The SMILES string of the molecule is CN(C)c1nc(N)nc(CN2C(=O)N[C@@](C)(c3ccco3)C2=O)n1. The molecule has 3 N–H and O–H groups in total. The summed E-state index contributed by atoms with van der Waals surface area (Å²) in [6.45, 7) is 1.47. The first kappa shape index (κ1) is 15.7. The largest absolute Gasteiger partial charge is 0.466 e. The highest BCUT2D eigenvalue weighted by Gasteiger charge is 2.51. The van der Waals surface area contributed by atoms with E-state index in [-0.39, 0.29) is 18.3 Å². The van der Waals surface area contributed by atoms with Crippen molar-refractivity contribution in [2.75, 3.05) is 24.7 Å². The third-order valence-corrected chi connectivity index (χ3v) is 3.68. The van der Waals surface area contributed by atoms with Crippen LogP contribution in [-0.4, -0.2) is 45.9 Å². The molecule has 1 atom stereocenters. The average molecular weight is 331 g/mol. The van der Waals surface area contributed by atoms with Gasteiger partial charge in [-0.05, 0) is 19.1 Å². The van der Waals surface area contributed by atoms with Crippen LogP contribution in [0.3, 0.4) is 0 Å². The molecule has 24 heavy (non-hydrogen) atoms. The lowest BCUT2D eigenvalue weighted by Crippen LogP contribution is -2.40. The van der Waals surface area contributed by atoms with Gasteiger partial charge in [-0.3, -0.25) is 9.69 Å². The van der Waals surface area contributed by atoms with Gasteiger partial charge in [-0.1, -0.05) is 0 Å². The molecule has 1 aliphatic rings. The minimum atomic E-state index is -1.26. The van der Waals surface area contributed by atoms with Gasteiger partial charge in [-0.25, -0.2) is 4.79 Å². The van der Waals surface area contributed by atoms with Gasteiger partial charge in [-0.15, -0.1) is 0 Å². The van der Waals surface area contributed by atoms with Gasteiger partial charge in [0.25, 0.3) is 5.91 Å². The number of nitrogens with one attached hydrogen (secondary N) is 1. The first-order valence-electron chi connectivity index (χ1n) is 7.17. The first-order chi connectivity index (χ1) is 11.3. The fraction of sp³-hybridized carbons (Fsp3) is 0.357. The Balaban J connectivity index is 1.89. The first-order valence-corrected chi connectivity index (χ1v) is 7.17. The number of hydrogen-bond acceptors (Lipinski definition) is 8. The minimum Gasteiger partial charge on any atom is -0.466 e. The van der Waals surface area contributed by atoms with Crippen LogP contribution in [0.25, 0.3) is 0 Å². The lowest BCUT2D eigenvalue weighted by atomic mass is 9.99. The molecule has 0 spiro atoms. The number of rotatable bonds is 4. The summed E-state index contributed by atoms with van der Waals surface area (Å²) in [5.74, 6) is 0.488. The molecule has 10 heteroatoms. The van der Waals surface area contributed by atoms with Crippen molar-refractivity contribution in [1.82, 2.24) is 25.2 Å². The maximum Gasteiger partial charge on any atom is 0.325 e. The average Bonchev–Trinajstić information content (AvgIpc) is 3.11. The highest BCUT2D eigenvalue weighted by molar-refractivity contribution is 6.06. The molecule has 3 amide bonds. The standard InChI is InChI=1S/C14H17N7O3/c1-14(8-5-4-6-24-8)10(22)21(13(23)19-14)7-9-16-11(15)18-12(17-9)20(2)3/h4-6H,7H2,1-3H3,(H,19,23)(H2,15,16,17,18)/t14-/m0/s1. The van der Waals surface area contributed by atoms with Crippen LogP contribution in [0.4, 0.5) is 16.7 Å². The molecule has 0 saturated carbocycles. The number of furan rings is 1. The summed E-state index contributed by atoms with van der Waals surface area (Å²) in [6.07, 6.45) is 1.44. The molecule has 0 bridgehead atoms. The minimum absolute atomic E-state index is 0.0181. The summed E-state index contributed by atoms with van der Waals surface area (Å²) in [5, 5.41) is 2.64. The molecule has 0 radical (unpaired) electrons. The van der Waals surface area contributed by atoms with Gasteiger partial charge >= 0.3 is 6.03 Å². The Hall–Kier alpha value is -3.17. The van der Waals surface area contributed by atoms with Gasteiger partial charge in [0, 0.05) is 14.1 Å². The molecule has 0 aromatic carbocycles. The molecular weight excluding hydrogens is 314 g/mol. The quantitative estimate of drug-likeness (QED) is 0.753. The fourth-order valence-corrected chi connectivity index (χ4v) is 2.41. The monoisotopic (exact) mass is 331 g/mol. The van der Waals surface area contributed by atoms with E-state index in [4.69, 9.17) is 10.2 Å². The third kappa shape index (κ3) is 2.51. The molecule has 0 unspecified atom stereocenters. The summed E-state index contributed by atoms with van der Waals surface area (Å²) < 4.78 is 5.28. The number of amides is 3. The number of nitrogens with zero attached hydrogens (tertiary/aromatic N) is 5. The molecule has 1 aliphatic heterocycles. The van der Waals surface area contributed by atoms with Crippen LogP contribution in [0.1, 0.15) is 18.5 Å². The van der Waals surface area contributed by atoms with Crippen molar-refractivity contribution in [3.05, 3.63) is 30.0 Å². The molecular formula is C14H17N7O3. The van der Waals surface area contributed by atoms with E-state index in [2.05, 4.69) is 20.3 Å². The lowest BCUT2D eigenvalue weighted by Gasteiger charge is -2.19. The maximum absolute atomic E-state index is 12.7. The summed E-state index contributed by atoms with van der Waals surface area (Å²) in [4.78, 5) is 39.8. The van der Waals surface area contributed by atoms with Gasteiger partial charge in [-0.2, -0.15) is 15.0 Å². The van der Waals surface area contributed by atoms with Crippen molar-refractivity contribution < 1.29 is 14.0 Å². The number of hydrogen-bond donors (Lipinski definition) is 2. The van der Waals surface area contributed by atoms with Crippen LogP contribution < -0.4 is 16.0 Å². The Morgan fingerprint density at radius 3 is 2.71 bits per heavy atom. The number of nitrogens with two attached hydrogens (primary N) is 1. The molecule has 10 nitrogen and oxygen atoms in total. The molecule has 126 valence electrons. The van der Waals surface area contributed by atoms with Gasteiger partial charge in [0.2, 0.25) is 11.9 Å². The number of carbonyl (C=O) groups excluding carboxylic acids is 2. The maximum atomic E-state index is 12.7. The van der Waals surface area contributed by atoms with Crippen LogP contribution in [0, 0.1) is 0 Å². The van der Waals surface area contributed by atoms with E-state index in [1.807, 2.05) is 0 Å². The molecule has 2 aromatic heterocycles. The third-order valence-electron chi connectivity index (χ3n) is 3.68. The summed E-state index contributed by atoms with van der Waals surface area (Å²) in [5.41, 5.74) is 4.40. The van der Waals surface area contributed by atoms with E-state index in [0.717, 1.165) is 4.90 Å².